The fraction of sp³-hybridized carbons (Fsp3) is 0.750. The Morgan fingerprint density at radius 1 is 1.69 bits per heavy atom. The lowest BCUT2D eigenvalue weighted by molar-refractivity contribution is -0.0433. The standard InChI is InChI=1S/C12H21N3O/c1-3-10-9-13-5-4-12(10,16)8-11-14-6-7-15(11)2/h6-7,10,13,16H,3-5,8-9H2,1-2H3. The molecule has 0 aliphatic carbocycles. The van der Waals surface area contributed by atoms with E-state index in [-0.39, 0.29) is 0 Å². The number of nitrogens with one attached hydrogen (secondary N) is 1. The van der Waals surface area contributed by atoms with Crippen molar-refractivity contribution in [1.82, 2.24) is 14.9 Å². The lowest BCUT2D eigenvalue weighted by Crippen LogP contribution is -2.51. The molecule has 90 valence electrons. The van der Waals surface area contributed by atoms with Gasteiger partial charge in [-0.15, -0.1) is 0 Å². The van der Waals surface area contributed by atoms with Crippen molar-refractivity contribution in [3.63, 3.8) is 0 Å². The number of hydrogen-bond acceptors (Lipinski definition) is 3. The summed E-state index contributed by atoms with van der Waals surface area (Å²) < 4.78 is 1.99. The molecule has 1 aromatic rings. The molecule has 1 fully saturated rings. The maximum absolute atomic E-state index is 10.7. The Hall–Kier alpha value is -0.870. The first kappa shape index (κ1) is 11.6. The van der Waals surface area contributed by atoms with Crippen LogP contribution in [0.25, 0.3) is 0 Å². The van der Waals surface area contributed by atoms with Crippen molar-refractivity contribution in [3.05, 3.63) is 18.2 Å². The molecule has 1 aliphatic heterocycles. The zero-order valence-electron chi connectivity index (χ0n) is 10.1. The average Bonchev–Trinajstić information content (AvgIpc) is 2.64. The lowest BCUT2D eigenvalue weighted by Gasteiger charge is -2.40. The molecule has 4 heteroatoms. The Morgan fingerprint density at radius 3 is 3.12 bits per heavy atom. The van der Waals surface area contributed by atoms with Gasteiger partial charge in [0.05, 0.1) is 5.60 Å². The second kappa shape index (κ2) is 4.55. The van der Waals surface area contributed by atoms with Crippen molar-refractivity contribution < 1.29 is 5.11 Å². The lowest BCUT2D eigenvalue weighted by atomic mass is 9.77. The number of rotatable bonds is 3. The van der Waals surface area contributed by atoms with Crippen LogP contribution in [0.2, 0.25) is 0 Å². The van der Waals surface area contributed by atoms with Gasteiger partial charge in [-0.05, 0) is 19.4 Å². The van der Waals surface area contributed by atoms with Crippen LogP contribution in [-0.4, -0.2) is 33.3 Å². The average molecular weight is 223 g/mol. The van der Waals surface area contributed by atoms with Crippen LogP contribution in [0.1, 0.15) is 25.6 Å². The van der Waals surface area contributed by atoms with Gasteiger partial charge in [-0.25, -0.2) is 4.98 Å². The van der Waals surface area contributed by atoms with Gasteiger partial charge in [0.25, 0.3) is 0 Å². The first-order valence-corrected chi connectivity index (χ1v) is 6.05. The topological polar surface area (TPSA) is 50.1 Å². The fourth-order valence-corrected chi connectivity index (χ4v) is 2.57. The largest absolute Gasteiger partial charge is 0.389 e. The van der Waals surface area contributed by atoms with Gasteiger partial charge in [-0.2, -0.15) is 0 Å². The molecule has 2 N–H and O–H groups in total. The van der Waals surface area contributed by atoms with Gasteiger partial charge in [-0.1, -0.05) is 6.92 Å². The molecule has 16 heavy (non-hydrogen) atoms. The molecule has 1 aromatic heterocycles. The predicted molar refractivity (Wildman–Crippen MR) is 63.1 cm³/mol. The Kier molecular flexibility index (Phi) is 3.30. The highest BCUT2D eigenvalue weighted by molar-refractivity contribution is 5.02. The van der Waals surface area contributed by atoms with Crippen molar-refractivity contribution in [3.8, 4) is 0 Å². The summed E-state index contributed by atoms with van der Waals surface area (Å²) in [6.07, 6.45) is 6.21. The highest BCUT2D eigenvalue weighted by atomic mass is 16.3. The molecule has 2 unspecified atom stereocenters. The van der Waals surface area contributed by atoms with Gasteiger partial charge in [0.2, 0.25) is 0 Å². The van der Waals surface area contributed by atoms with Crippen LogP contribution in [0.3, 0.4) is 0 Å². The summed E-state index contributed by atoms with van der Waals surface area (Å²) >= 11 is 0. The summed E-state index contributed by atoms with van der Waals surface area (Å²) in [5.74, 6) is 1.31. The third-order valence-electron chi connectivity index (χ3n) is 3.76. The summed E-state index contributed by atoms with van der Waals surface area (Å²) in [5.41, 5.74) is -0.584. The first-order chi connectivity index (χ1) is 7.65. The van der Waals surface area contributed by atoms with Gasteiger partial charge in [0.15, 0.2) is 0 Å². The summed E-state index contributed by atoms with van der Waals surface area (Å²) in [6.45, 7) is 3.95. The minimum atomic E-state index is -0.584. The van der Waals surface area contributed by atoms with Crippen molar-refractivity contribution in [1.29, 1.82) is 0 Å². The van der Waals surface area contributed by atoms with E-state index in [0.717, 1.165) is 31.8 Å². The second-order valence-corrected chi connectivity index (χ2v) is 4.79. The maximum atomic E-state index is 10.7. The van der Waals surface area contributed by atoms with E-state index in [1.807, 2.05) is 17.8 Å². The summed E-state index contributed by atoms with van der Waals surface area (Å²) in [5, 5.41) is 14.1. The van der Waals surface area contributed by atoms with E-state index >= 15 is 0 Å². The maximum Gasteiger partial charge on any atom is 0.111 e. The van der Waals surface area contributed by atoms with Gasteiger partial charge >= 0.3 is 0 Å². The number of aryl methyl sites for hydroxylation is 1. The highest BCUT2D eigenvalue weighted by Gasteiger charge is 2.38. The summed E-state index contributed by atoms with van der Waals surface area (Å²) in [7, 11) is 1.98. The molecule has 0 saturated carbocycles. The third-order valence-corrected chi connectivity index (χ3v) is 3.76. The minimum absolute atomic E-state index is 0.331. The van der Waals surface area contributed by atoms with Gasteiger partial charge < -0.3 is 15.0 Å². The van der Waals surface area contributed by atoms with Gasteiger partial charge in [-0.3, -0.25) is 0 Å². The van der Waals surface area contributed by atoms with Crippen molar-refractivity contribution in [2.75, 3.05) is 13.1 Å². The molecule has 4 nitrogen and oxygen atoms in total. The summed E-state index contributed by atoms with van der Waals surface area (Å²) in [6, 6.07) is 0. The Balaban J connectivity index is 2.14. The fourth-order valence-electron chi connectivity index (χ4n) is 2.57. The summed E-state index contributed by atoms with van der Waals surface area (Å²) in [4.78, 5) is 4.31. The molecule has 0 amide bonds. The monoisotopic (exact) mass is 223 g/mol. The van der Waals surface area contributed by atoms with Crippen LogP contribution in [0.4, 0.5) is 0 Å². The van der Waals surface area contributed by atoms with Crippen LogP contribution < -0.4 is 5.32 Å². The number of hydrogen-bond donors (Lipinski definition) is 2. The van der Waals surface area contributed by atoms with E-state index in [0.29, 0.717) is 12.3 Å². The quantitative estimate of drug-likeness (QED) is 0.793. The van der Waals surface area contributed by atoms with E-state index < -0.39 is 5.60 Å². The van der Waals surface area contributed by atoms with E-state index in [2.05, 4.69) is 17.2 Å². The van der Waals surface area contributed by atoms with Crippen LogP contribution in [0, 0.1) is 5.92 Å². The molecule has 0 aromatic carbocycles. The van der Waals surface area contributed by atoms with Gasteiger partial charge in [0.1, 0.15) is 5.82 Å². The highest BCUT2D eigenvalue weighted by Crippen LogP contribution is 2.30. The molecule has 2 atom stereocenters. The van der Waals surface area contributed by atoms with Crippen LogP contribution >= 0.6 is 0 Å². The number of imidazole rings is 1. The smallest absolute Gasteiger partial charge is 0.111 e. The van der Waals surface area contributed by atoms with Gasteiger partial charge in [0, 0.05) is 38.3 Å². The molecule has 1 aliphatic rings. The second-order valence-electron chi connectivity index (χ2n) is 4.79. The SMILES string of the molecule is CCC1CNCCC1(O)Cc1nccn1C. The van der Waals surface area contributed by atoms with E-state index in [1.54, 1.807) is 6.20 Å². The molecule has 1 saturated heterocycles. The number of aromatic nitrogens is 2. The first-order valence-electron chi connectivity index (χ1n) is 6.05. The molecular formula is C12H21N3O. The zero-order valence-corrected chi connectivity index (χ0v) is 10.1. The zero-order chi connectivity index (χ0) is 11.6. The molecule has 2 rings (SSSR count). The van der Waals surface area contributed by atoms with E-state index in [1.165, 1.54) is 0 Å². The molecule has 0 spiro atoms. The van der Waals surface area contributed by atoms with Crippen molar-refractivity contribution >= 4 is 0 Å². The van der Waals surface area contributed by atoms with Crippen LogP contribution in [0.15, 0.2) is 12.4 Å². The third kappa shape index (κ3) is 2.13. The van der Waals surface area contributed by atoms with E-state index in [9.17, 15) is 5.11 Å². The minimum Gasteiger partial charge on any atom is -0.389 e. The van der Waals surface area contributed by atoms with Crippen molar-refractivity contribution in [2.45, 2.75) is 31.8 Å². The van der Waals surface area contributed by atoms with Crippen LogP contribution in [-0.2, 0) is 13.5 Å². The van der Waals surface area contributed by atoms with E-state index in [4.69, 9.17) is 0 Å². The molecule has 0 radical (unpaired) electrons. The van der Waals surface area contributed by atoms with Crippen LogP contribution in [0.5, 0.6) is 0 Å². The Bertz CT molecular complexity index is 350. The number of nitrogens with zero attached hydrogens (tertiary/aromatic N) is 2. The number of aliphatic hydroxyl groups is 1. The predicted octanol–water partition coefficient (Wildman–Crippen LogP) is 0.713. The number of piperidine rings is 1. The van der Waals surface area contributed by atoms with Crippen molar-refractivity contribution in [2.24, 2.45) is 13.0 Å². The normalized spacial score (nSPS) is 30.6. The molecular weight excluding hydrogens is 202 g/mol. The Labute approximate surface area is 96.7 Å². The molecule has 0 bridgehead atoms. The molecule has 2 heterocycles. The Morgan fingerprint density at radius 2 is 2.50 bits per heavy atom.